The molecule has 0 unspecified atom stereocenters. The number of fused-ring (bicyclic) bond motifs is 1. The van der Waals surface area contributed by atoms with Crippen molar-refractivity contribution in [1.82, 2.24) is 25.1 Å². The molecule has 0 bridgehead atoms. The summed E-state index contributed by atoms with van der Waals surface area (Å²) >= 11 is 0. The minimum atomic E-state index is 0.783. The molecule has 5 nitrogen and oxygen atoms in total. The molecular formula is C15H19N5. The number of nitrogens with zero attached hydrogens (tertiary/aromatic N) is 3. The Balaban J connectivity index is 2.14. The second-order valence-corrected chi connectivity index (χ2v) is 5.13. The third-order valence-corrected chi connectivity index (χ3v) is 3.60. The maximum atomic E-state index is 4.59. The predicted octanol–water partition coefficient (Wildman–Crippen LogP) is 2.30. The van der Waals surface area contributed by atoms with Gasteiger partial charge in [-0.05, 0) is 38.6 Å². The van der Waals surface area contributed by atoms with Crippen LogP contribution in [-0.4, -0.2) is 26.8 Å². The van der Waals surface area contributed by atoms with Crippen LogP contribution < -0.4 is 5.32 Å². The molecule has 0 fully saturated rings. The van der Waals surface area contributed by atoms with Crippen molar-refractivity contribution in [3.63, 3.8) is 0 Å². The molecule has 5 heteroatoms. The van der Waals surface area contributed by atoms with Crippen LogP contribution in [0.3, 0.4) is 0 Å². The van der Waals surface area contributed by atoms with Crippen molar-refractivity contribution in [2.45, 2.75) is 20.4 Å². The lowest BCUT2D eigenvalue weighted by molar-refractivity contribution is 0.715. The Hall–Kier alpha value is -2.14. The van der Waals surface area contributed by atoms with Gasteiger partial charge in [-0.25, -0.2) is 4.98 Å². The number of aryl methyl sites for hydroxylation is 2. The highest BCUT2D eigenvalue weighted by Gasteiger charge is 2.14. The monoisotopic (exact) mass is 269 g/mol. The van der Waals surface area contributed by atoms with Crippen LogP contribution in [0.25, 0.3) is 22.3 Å². The maximum Gasteiger partial charge on any atom is 0.104 e. The molecule has 0 spiro atoms. The van der Waals surface area contributed by atoms with Gasteiger partial charge in [0, 0.05) is 19.2 Å². The molecule has 0 atom stereocenters. The summed E-state index contributed by atoms with van der Waals surface area (Å²) < 4.78 is 1.95. The van der Waals surface area contributed by atoms with Crippen LogP contribution >= 0.6 is 0 Å². The lowest BCUT2D eigenvalue weighted by atomic mass is 10.1. The quantitative estimate of drug-likeness (QED) is 0.767. The van der Waals surface area contributed by atoms with Gasteiger partial charge in [0.2, 0.25) is 0 Å². The van der Waals surface area contributed by atoms with E-state index in [1.807, 2.05) is 25.7 Å². The molecule has 3 aromatic rings. The summed E-state index contributed by atoms with van der Waals surface area (Å²) in [6.07, 6.45) is 0. The van der Waals surface area contributed by atoms with Gasteiger partial charge >= 0.3 is 0 Å². The molecule has 0 saturated heterocycles. The van der Waals surface area contributed by atoms with Gasteiger partial charge in [0.15, 0.2) is 0 Å². The van der Waals surface area contributed by atoms with Gasteiger partial charge in [-0.2, -0.15) is 5.10 Å². The molecule has 2 heterocycles. The number of H-pyrrole nitrogens is 1. The van der Waals surface area contributed by atoms with Crippen LogP contribution in [0.15, 0.2) is 18.2 Å². The van der Waals surface area contributed by atoms with Gasteiger partial charge in [0.05, 0.1) is 22.4 Å². The summed E-state index contributed by atoms with van der Waals surface area (Å²) in [5, 5.41) is 7.75. The fourth-order valence-corrected chi connectivity index (χ4v) is 2.71. The minimum Gasteiger partial charge on any atom is -0.342 e. The van der Waals surface area contributed by atoms with Crippen molar-refractivity contribution < 1.29 is 0 Å². The zero-order valence-corrected chi connectivity index (χ0v) is 12.3. The van der Waals surface area contributed by atoms with E-state index in [-0.39, 0.29) is 0 Å². The summed E-state index contributed by atoms with van der Waals surface area (Å²) in [6, 6.07) is 6.30. The number of hydrogen-bond donors (Lipinski definition) is 2. The maximum absolute atomic E-state index is 4.59. The molecule has 0 aliphatic carbocycles. The van der Waals surface area contributed by atoms with E-state index in [0.29, 0.717) is 0 Å². The van der Waals surface area contributed by atoms with E-state index in [9.17, 15) is 0 Å². The Labute approximate surface area is 118 Å². The van der Waals surface area contributed by atoms with Gasteiger partial charge < -0.3 is 10.3 Å². The molecule has 2 N–H and O–H groups in total. The molecule has 2 aromatic heterocycles. The van der Waals surface area contributed by atoms with Gasteiger partial charge in [-0.1, -0.05) is 6.07 Å². The lowest BCUT2D eigenvalue weighted by Gasteiger charge is -2.04. The van der Waals surface area contributed by atoms with Gasteiger partial charge in [-0.3, -0.25) is 4.68 Å². The first kappa shape index (κ1) is 12.9. The molecule has 0 saturated carbocycles. The highest BCUT2D eigenvalue weighted by atomic mass is 15.3. The van der Waals surface area contributed by atoms with Crippen LogP contribution in [0.2, 0.25) is 0 Å². The first-order valence-electron chi connectivity index (χ1n) is 6.74. The highest BCUT2D eigenvalue weighted by molar-refractivity contribution is 5.82. The van der Waals surface area contributed by atoms with Crippen LogP contribution in [0, 0.1) is 13.8 Å². The Morgan fingerprint density at radius 2 is 2.10 bits per heavy atom. The SMILES string of the molecule is CNCc1nn(C)c(-c2ccc3nc(C)[nH]c3c2)c1C. The van der Waals surface area contributed by atoms with Gasteiger partial charge in [-0.15, -0.1) is 0 Å². The summed E-state index contributed by atoms with van der Waals surface area (Å²) in [5.41, 5.74) is 6.70. The standard InChI is InChI=1S/C15H19N5/c1-9-14(8-16-3)19-20(4)15(9)11-5-6-12-13(7-11)18-10(2)17-12/h5-7,16H,8H2,1-4H3,(H,17,18). The first-order valence-corrected chi connectivity index (χ1v) is 6.74. The third-order valence-electron chi connectivity index (χ3n) is 3.60. The van der Waals surface area contributed by atoms with Crippen LogP contribution in [0.1, 0.15) is 17.1 Å². The van der Waals surface area contributed by atoms with E-state index in [0.717, 1.165) is 40.4 Å². The van der Waals surface area contributed by atoms with Crippen molar-refractivity contribution in [3.05, 3.63) is 35.3 Å². The number of imidazole rings is 1. The molecule has 3 rings (SSSR count). The fraction of sp³-hybridized carbons (Fsp3) is 0.333. The number of nitrogens with one attached hydrogen (secondary N) is 2. The minimum absolute atomic E-state index is 0.783. The highest BCUT2D eigenvalue weighted by Crippen LogP contribution is 2.27. The predicted molar refractivity (Wildman–Crippen MR) is 80.5 cm³/mol. The van der Waals surface area contributed by atoms with E-state index >= 15 is 0 Å². The molecule has 104 valence electrons. The molecule has 0 radical (unpaired) electrons. The molecular weight excluding hydrogens is 250 g/mol. The Bertz CT molecular complexity index is 766. The first-order chi connectivity index (χ1) is 9.60. The molecule has 20 heavy (non-hydrogen) atoms. The van der Waals surface area contributed by atoms with E-state index in [1.54, 1.807) is 0 Å². The molecule has 0 amide bonds. The summed E-state index contributed by atoms with van der Waals surface area (Å²) in [5.74, 6) is 0.940. The number of aromatic nitrogens is 4. The van der Waals surface area contributed by atoms with E-state index in [2.05, 4.69) is 45.5 Å². The van der Waals surface area contributed by atoms with E-state index < -0.39 is 0 Å². The summed E-state index contributed by atoms with van der Waals surface area (Å²) in [4.78, 5) is 7.73. The lowest BCUT2D eigenvalue weighted by Crippen LogP contribution is -2.06. The Kier molecular flexibility index (Phi) is 3.06. The van der Waals surface area contributed by atoms with Crippen molar-refractivity contribution in [3.8, 4) is 11.3 Å². The normalized spacial score (nSPS) is 11.4. The number of rotatable bonds is 3. The van der Waals surface area contributed by atoms with Crippen LogP contribution in [0.5, 0.6) is 0 Å². The van der Waals surface area contributed by atoms with E-state index in [1.165, 1.54) is 5.56 Å². The zero-order chi connectivity index (χ0) is 14.3. The molecule has 1 aromatic carbocycles. The van der Waals surface area contributed by atoms with Crippen LogP contribution in [-0.2, 0) is 13.6 Å². The summed E-state index contributed by atoms with van der Waals surface area (Å²) in [6.45, 7) is 4.88. The van der Waals surface area contributed by atoms with E-state index in [4.69, 9.17) is 0 Å². The molecule has 0 aliphatic heterocycles. The Morgan fingerprint density at radius 3 is 2.85 bits per heavy atom. The average Bonchev–Trinajstić information content (AvgIpc) is 2.89. The van der Waals surface area contributed by atoms with Gasteiger partial charge in [0.1, 0.15) is 5.82 Å². The largest absolute Gasteiger partial charge is 0.342 e. The van der Waals surface area contributed by atoms with Crippen molar-refractivity contribution in [1.29, 1.82) is 0 Å². The van der Waals surface area contributed by atoms with Gasteiger partial charge in [0.25, 0.3) is 0 Å². The molecule has 0 aliphatic rings. The fourth-order valence-electron chi connectivity index (χ4n) is 2.71. The topological polar surface area (TPSA) is 58.5 Å². The van der Waals surface area contributed by atoms with Crippen molar-refractivity contribution in [2.75, 3.05) is 7.05 Å². The second-order valence-electron chi connectivity index (χ2n) is 5.13. The van der Waals surface area contributed by atoms with Crippen molar-refractivity contribution in [2.24, 2.45) is 7.05 Å². The average molecular weight is 269 g/mol. The van der Waals surface area contributed by atoms with Crippen molar-refractivity contribution >= 4 is 11.0 Å². The second kappa shape index (κ2) is 4.76. The Morgan fingerprint density at radius 1 is 1.30 bits per heavy atom. The zero-order valence-electron chi connectivity index (χ0n) is 12.3. The third kappa shape index (κ3) is 2.00. The number of hydrogen-bond acceptors (Lipinski definition) is 3. The smallest absolute Gasteiger partial charge is 0.104 e. The summed E-state index contributed by atoms with van der Waals surface area (Å²) in [7, 11) is 3.93. The number of benzene rings is 1. The van der Waals surface area contributed by atoms with Crippen LogP contribution in [0.4, 0.5) is 0 Å². The number of aromatic amines is 1.